The lowest BCUT2D eigenvalue weighted by Crippen LogP contribution is -2.43. The van der Waals surface area contributed by atoms with Crippen molar-refractivity contribution in [3.63, 3.8) is 0 Å². The highest BCUT2D eigenvalue weighted by atomic mass is 35.5. The van der Waals surface area contributed by atoms with E-state index in [4.69, 9.17) is 25.8 Å². The number of nitrogens with zero attached hydrogens (tertiary/aromatic N) is 2. The molecule has 2 aromatic rings. The van der Waals surface area contributed by atoms with Gasteiger partial charge in [0.05, 0.1) is 6.61 Å². The van der Waals surface area contributed by atoms with Gasteiger partial charge in [-0.3, -0.25) is 14.5 Å². The molecule has 0 saturated heterocycles. The number of halogens is 1. The third kappa shape index (κ3) is 6.54. The molecule has 0 aromatic heterocycles. The highest BCUT2D eigenvalue weighted by molar-refractivity contribution is 6.30. The van der Waals surface area contributed by atoms with E-state index in [0.29, 0.717) is 66.1 Å². The second-order valence-electron chi connectivity index (χ2n) is 8.04. The number of ether oxygens (including phenoxy) is 3. The molecule has 1 aliphatic rings. The Morgan fingerprint density at radius 3 is 2.42 bits per heavy atom. The van der Waals surface area contributed by atoms with Crippen molar-refractivity contribution in [2.24, 2.45) is 0 Å². The Morgan fingerprint density at radius 2 is 1.75 bits per heavy atom. The Bertz CT molecular complexity index is 1210. The predicted molar refractivity (Wildman–Crippen MR) is 138 cm³/mol. The van der Waals surface area contributed by atoms with Crippen LogP contribution in [0.25, 0.3) is 6.08 Å². The van der Waals surface area contributed by atoms with Crippen LogP contribution in [0, 0.1) is 11.3 Å². The summed E-state index contributed by atoms with van der Waals surface area (Å²) < 4.78 is 17.1. The van der Waals surface area contributed by atoms with Crippen LogP contribution in [0.5, 0.6) is 11.5 Å². The molecule has 2 amide bonds. The van der Waals surface area contributed by atoms with Gasteiger partial charge in [0.1, 0.15) is 18.2 Å². The van der Waals surface area contributed by atoms with E-state index in [1.165, 1.54) is 0 Å². The van der Waals surface area contributed by atoms with Crippen molar-refractivity contribution < 1.29 is 23.8 Å². The monoisotopic (exact) mass is 508 g/mol. The van der Waals surface area contributed by atoms with E-state index in [1.807, 2.05) is 32.0 Å². The smallest absolute Gasteiger partial charge is 0.271 e. The Kier molecular flexibility index (Phi) is 9.69. The summed E-state index contributed by atoms with van der Waals surface area (Å²) in [4.78, 5) is 27.1. The largest absolute Gasteiger partial charge is 0.490 e. The fraction of sp³-hybridized carbons (Fsp3) is 0.321. The van der Waals surface area contributed by atoms with Crippen molar-refractivity contribution in [2.75, 3.05) is 26.4 Å². The first-order chi connectivity index (χ1) is 17.4. The van der Waals surface area contributed by atoms with Crippen LogP contribution >= 0.6 is 11.6 Å². The van der Waals surface area contributed by atoms with Gasteiger partial charge in [-0.2, -0.15) is 5.26 Å². The predicted octanol–water partition coefficient (Wildman–Crippen LogP) is 5.34. The van der Waals surface area contributed by atoms with Gasteiger partial charge in [-0.15, -0.1) is 0 Å². The van der Waals surface area contributed by atoms with E-state index in [0.717, 1.165) is 10.5 Å². The highest BCUT2D eigenvalue weighted by Crippen LogP contribution is 2.32. The molecule has 1 heterocycles. The maximum atomic E-state index is 13.2. The zero-order valence-electron chi connectivity index (χ0n) is 20.7. The maximum absolute atomic E-state index is 13.2. The van der Waals surface area contributed by atoms with Crippen LogP contribution in [0.4, 0.5) is 0 Å². The molecule has 0 N–H and O–H groups in total. The molecular weight excluding hydrogens is 480 g/mol. The number of imide groups is 1. The minimum atomic E-state index is -0.574. The zero-order valence-corrected chi connectivity index (χ0v) is 21.4. The number of benzene rings is 2. The lowest BCUT2D eigenvalue weighted by Gasteiger charge is -2.27. The highest BCUT2D eigenvalue weighted by Gasteiger charge is 2.35. The Hall–Kier alpha value is -3.60. The SMILES string of the molecule is CCOCCCN1C(=O)C(C#N)=C(C)/C(=C\c2ccc(OCc3ccc(Cl)cc3)c(OCC)c2)C1=O. The number of hydrogen-bond donors (Lipinski definition) is 0. The molecule has 1 aliphatic heterocycles. The average Bonchev–Trinajstić information content (AvgIpc) is 2.87. The Balaban J connectivity index is 1.88. The molecule has 0 spiro atoms. The molecular formula is C28H29ClN2O5. The van der Waals surface area contributed by atoms with Crippen LogP contribution in [-0.2, 0) is 20.9 Å². The quantitative estimate of drug-likeness (QED) is 0.231. The van der Waals surface area contributed by atoms with E-state index >= 15 is 0 Å². The maximum Gasteiger partial charge on any atom is 0.271 e. The number of carbonyl (C=O) groups excluding carboxylic acids is 2. The Morgan fingerprint density at radius 1 is 1.00 bits per heavy atom. The van der Waals surface area contributed by atoms with Gasteiger partial charge in [-0.05, 0) is 74.2 Å². The van der Waals surface area contributed by atoms with Gasteiger partial charge in [0.25, 0.3) is 11.8 Å². The first-order valence-corrected chi connectivity index (χ1v) is 12.2. The molecule has 0 fully saturated rings. The van der Waals surface area contributed by atoms with Crippen molar-refractivity contribution in [3.8, 4) is 17.6 Å². The van der Waals surface area contributed by atoms with Crippen LogP contribution in [-0.4, -0.2) is 43.1 Å². The molecule has 188 valence electrons. The third-order valence-electron chi connectivity index (χ3n) is 5.59. The first-order valence-electron chi connectivity index (χ1n) is 11.8. The molecule has 0 saturated carbocycles. The number of hydrogen-bond acceptors (Lipinski definition) is 6. The average molecular weight is 509 g/mol. The van der Waals surface area contributed by atoms with E-state index in [-0.39, 0.29) is 12.1 Å². The van der Waals surface area contributed by atoms with Gasteiger partial charge in [0.2, 0.25) is 0 Å². The van der Waals surface area contributed by atoms with Crippen LogP contribution in [0.15, 0.2) is 59.2 Å². The van der Waals surface area contributed by atoms with E-state index in [9.17, 15) is 14.9 Å². The van der Waals surface area contributed by atoms with Crippen LogP contribution in [0.1, 0.15) is 38.3 Å². The molecule has 0 radical (unpaired) electrons. The van der Waals surface area contributed by atoms with Crippen molar-refractivity contribution in [2.45, 2.75) is 33.8 Å². The van der Waals surface area contributed by atoms with Crippen LogP contribution in [0.3, 0.4) is 0 Å². The summed E-state index contributed by atoms with van der Waals surface area (Å²) in [5.41, 5.74) is 2.25. The second-order valence-corrected chi connectivity index (χ2v) is 8.47. The normalized spacial score (nSPS) is 14.9. The van der Waals surface area contributed by atoms with Gasteiger partial charge < -0.3 is 14.2 Å². The molecule has 0 aliphatic carbocycles. The first kappa shape index (κ1) is 27.0. The fourth-order valence-electron chi connectivity index (χ4n) is 3.71. The van der Waals surface area contributed by atoms with Crippen LogP contribution in [0.2, 0.25) is 5.02 Å². The zero-order chi connectivity index (χ0) is 26.1. The number of rotatable bonds is 11. The summed E-state index contributed by atoms with van der Waals surface area (Å²) in [6.45, 7) is 7.28. The molecule has 0 unspecified atom stereocenters. The fourth-order valence-corrected chi connectivity index (χ4v) is 3.84. The van der Waals surface area contributed by atoms with Gasteiger partial charge in [0.15, 0.2) is 11.5 Å². The number of amides is 2. The minimum absolute atomic E-state index is 0.0368. The molecule has 3 rings (SSSR count). The number of nitriles is 1. The number of carbonyl (C=O) groups is 2. The van der Waals surface area contributed by atoms with Crippen molar-refractivity contribution in [1.82, 2.24) is 4.90 Å². The molecule has 0 atom stereocenters. The summed E-state index contributed by atoms with van der Waals surface area (Å²) >= 11 is 5.95. The molecule has 2 aromatic carbocycles. The summed E-state index contributed by atoms with van der Waals surface area (Å²) in [6.07, 6.45) is 2.16. The van der Waals surface area contributed by atoms with Gasteiger partial charge in [-0.1, -0.05) is 29.8 Å². The summed E-state index contributed by atoms with van der Waals surface area (Å²) in [6, 6.07) is 14.7. The topological polar surface area (TPSA) is 88.9 Å². The summed E-state index contributed by atoms with van der Waals surface area (Å²) in [5, 5.41) is 10.2. The summed E-state index contributed by atoms with van der Waals surface area (Å²) in [7, 11) is 0. The van der Waals surface area contributed by atoms with Crippen molar-refractivity contribution in [3.05, 3.63) is 75.3 Å². The van der Waals surface area contributed by atoms with E-state index in [1.54, 1.807) is 43.3 Å². The van der Waals surface area contributed by atoms with E-state index in [2.05, 4.69) is 0 Å². The second kappa shape index (κ2) is 12.9. The van der Waals surface area contributed by atoms with Gasteiger partial charge in [0, 0.05) is 30.4 Å². The lowest BCUT2D eigenvalue weighted by molar-refractivity contribution is -0.140. The standard InChI is InChI=1S/C28H29ClN2O5/c1-4-34-14-6-13-31-27(32)23(19(3)24(17-30)28(31)33)15-21-9-12-25(26(16-21)35-5-2)36-18-20-7-10-22(29)11-8-20/h7-12,15-16H,4-6,13-14,18H2,1-3H3/b23-15+. The van der Waals surface area contributed by atoms with Crippen molar-refractivity contribution in [1.29, 1.82) is 5.26 Å². The molecule has 36 heavy (non-hydrogen) atoms. The Labute approximate surface area is 216 Å². The molecule has 8 heteroatoms. The third-order valence-corrected chi connectivity index (χ3v) is 5.84. The molecule has 0 bridgehead atoms. The van der Waals surface area contributed by atoms with Gasteiger partial charge >= 0.3 is 0 Å². The lowest BCUT2D eigenvalue weighted by atomic mass is 9.93. The van der Waals surface area contributed by atoms with Gasteiger partial charge in [-0.25, -0.2) is 0 Å². The van der Waals surface area contributed by atoms with E-state index < -0.39 is 11.8 Å². The molecule has 7 nitrogen and oxygen atoms in total. The summed E-state index contributed by atoms with van der Waals surface area (Å²) in [5.74, 6) is 0.0705. The minimum Gasteiger partial charge on any atom is -0.490 e. The van der Waals surface area contributed by atoms with Crippen molar-refractivity contribution >= 4 is 29.5 Å². The van der Waals surface area contributed by atoms with Crippen LogP contribution < -0.4 is 9.47 Å².